The van der Waals surface area contributed by atoms with Gasteiger partial charge in [0.25, 0.3) is 0 Å². The molecule has 4 aromatic rings. The molecule has 5 rings (SSSR count). The normalized spacial score (nSPS) is 14.7. The van der Waals surface area contributed by atoms with Gasteiger partial charge in [0.2, 0.25) is 0 Å². The molecule has 8 nitrogen and oxygen atoms in total. The maximum Gasteiger partial charge on any atom is 0.414 e. The highest BCUT2D eigenvalue weighted by atomic mass is 16.6. The molecule has 0 amide bonds. The van der Waals surface area contributed by atoms with Gasteiger partial charge >= 0.3 is 11.8 Å². The molecule has 1 aliphatic rings. The summed E-state index contributed by atoms with van der Waals surface area (Å²) in [6.07, 6.45) is 3.39. The highest BCUT2D eigenvalue weighted by molar-refractivity contribution is 5.84. The molecule has 0 bridgehead atoms. The van der Waals surface area contributed by atoms with Crippen molar-refractivity contribution in [3.05, 3.63) is 76.6 Å². The molecule has 8 heteroatoms. The van der Waals surface area contributed by atoms with Crippen LogP contribution in [0.15, 0.2) is 60.9 Å². The minimum atomic E-state index is -0.491. The summed E-state index contributed by atoms with van der Waals surface area (Å²) in [4.78, 5) is 20.0. The van der Waals surface area contributed by atoms with Gasteiger partial charge in [0.1, 0.15) is 12.8 Å². The number of aromatic nitrogens is 3. The van der Waals surface area contributed by atoms with Gasteiger partial charge in [-0.1, -0.05) is 30.3 Å². The monoisotopic (exact) mass is 403 g/mol. The highest BCUT2D eigenvalue weighted by Crippen LogP contribution is 2.25. The van der Waals surface area contributed by atoms with Crippen LogP contribution in [-0.4, -0.2) is 44.1 Å². The number of rotatable bonds is 4. The number of ether oxygens (including phenoxy) is 1. The summed E-state index contributed by atoms with van der Waals surface area (Å²) in [6.45, 7) is 3.33. The van der Waals surface area contributed by atoms with Gasteiger partial charge in [0.05, 0.1) is 0 Å². The molecule has 0 fully saturated rings. The molecule has 0 spiro atoms. The van der Waals surface area contributed by atoms with E-state index in [4.69, 9.17) is 4.74 Å². The van der Waals surface area contributed by atoms with Crippen molar-refractivity contribution in [2.45, 2.75) is 13.1 Å². The number of aromatic amines is 1. The van der Waals surface area contributed by atoms with Crippen LogP contribution in [-0.2, 0) is 13.1 Å². The van der Waals surface area contributed by atoms with Crippen LogP contribution in [0.2, 0.25) is 0 Å². The molecule has 3 heterocycles. The molecule has 152 valence electrons. The Hall–Kier alpha value is -3.65. The lowest BCUT2D eigenvalue weighted by Crippen LogP contribution is -2.33. The Kier molecular flexibility index (Phi) is 4.68. The zero-order chi connectivity index (χ0) is 20.5. The average molecular weight is 403 g/mol. The van der Waals surface area contributed by atoms with Crippen LogP contribution >= 0.6 is 0 Å². The van der Waals surface area contributed by atoms with Gasteiger partial charge in [-0.05, 0) is 45.2 Å². The van der Waals surface area contributed by atoms with Gasteiger partial charge in [-0.3, -0.25) is 9.47 Å². The van der Waals surface area contributed by atoms with Crippen molar-refractivity contribution >= 4 is 16.7 Å². The number of imidazole rings is 1. The molecule has 2 aromatic heterocycles. The summed E-state index contributed by atoms with van der Waals surface area (Å²) >= 11 is 0. The van der Waals surface area contributed by atoms with Crippen LogP contribution in [0.4, 0.5) is 5.82 Å². The molecule has 0 aliphatic carbocycles. The van der Waals surface area contributed by atoms with Crippen molar-refractivity contribution in [1.82, 2.24) is 19.4 Å². The second-order valence-electron chi connectivity index (χ2n) is 7.44. The number of nitrogens with zero attached hydrogens (tertiary/aromatic N) is 4. The Morgan fingerprint density at radius 2 is 2.00 bits per heavy atom. The van der Waals surface area contributed by atoms with Crippen LogP contribution in [0.5, 0.6) is 6.01 Å². The van der Waals surface area contributed by atoms with Crippen molar-refractivity contribution in [1.29, 1.82) is 0 Å². The van der Waals surface area contributed by atoms with Gasteiger partial charge in [-0.15, -0.1) is 0 Å². The summed E-state index contributed by atoms with van der Waals surface area (Å²) < 4.78 is 7.37. The van der Waals surface area contributed by atoms with E-state index in [1.54, 1.807) is 4.57 Å². The topological polar surface area (TPSA) is 89.2 Å². The number of nitro groups is 1. The fourth-order valence-corrected chi connectivity index (χ4v) is 3.87. The minimum absolute atomic E-state index is 0.176. The van der Waals surface area contributed by atoms with Crippen LogP contribution in [0.1, 0.15) is 5.56 Å². The fourth-order valence-electron chi connectivity index (χ4n) is 3.87. The van der Waals surface area contributed by atoms with E-state index in [0.717, 1.165) is 25.2 Å². The van der Waals surface area contributed by atoms with Crippen molar-refractivity contribution in [2.75, 3.05) is 19.7 Å². The van der Waals surface area contributed by atoms with E-state index in [9.17, 15) is 10.1 Å². The van der Waals surface area contributed by atoms with Crippen molar-refractivity contribution in [2.24, 2.45) is 0 Å². The van der Waals surface area contributed by atoms with Crippen molar-refractivity contribution in [3.63, 3.8) is 0 Å². The van der Waals surface area contributed by atoms with E-state index >= 15 is 0 Å². The number of hydrogen-bond donors (Lipinski definition) is 1. The van der Waals surface area contributed by atoms with Gasteiger partial charge in [0.15, 0.2) is 0 Å². The van der Waals surface area contributed by atoms with E-state index in [-0.39, 0.29) is 5.82 Å². The Bertz CT molecular complexity index is 1210. The number of hydrogen-bond acceptors (Lipinski definition) is 5. The predicted octanol–water partition coefficient (Wildman–Crippen LogP) is 3.83. The van der Waals surface area contributed by atoms with Gasteiger partial charge in [0, 0.05) is 42.9 Å². The molecule has 0 radical (unpaired) electrons. The lowest BCUT2D eigenvalue weighted by molar-refractivity contribution is -0.389. The first kappa shape index (κ1) is 18.4. The fraction of sp³-hybridized carbons (Fsp3) is 0.227. The van der Waals surface area contributed by atoms with Crippen LogP contribution in [0, 0.1) is 10.1 Å². The molecule has 0 unspecified atom stereocenters. The summed E-state index contributed by atoms with van der Waals surface area (Å²) in [5, 5.41) is 12.2. The largest absolute Gasteiger partial charge is 0.444 e. The molecule has 0 saturated carbocycles. The van der Waals surface area contributed by atoms with Gasteiger partial charge in [-0.25, -0.2) is 0 Å². The van der Waals surface area contributed by atoms with Gasteiger partial charge in [-0.2, -0.15) is 0 Å². The third-order valence-electron chi connectivity index (χ3n) is 5.43. The quantitative estimate of drug-likeness (QED) is 0.413. The zero-order valence-corrected chi connectivity index (χ0v) is 16.3. The average Bonchev–Trinajstić information content (AvgIpc) is 3.36. The molecular weight excluding hydrogens is 382 g/mol. The Balaban J connectivity index is 1.32. The number of H-pyrrole nitrogens is 1. The first-order chi connectivity index (χ1) is 14.7. The zero-order valence-electron chi connectivity index (χ0n) is 16.3. The first-order valence-corrected chi connectivity index (χ1v) is 9.89. The van der Waals surface area contributed by atoms with E-state index in [2.05, 4.69) is 63.4 Å². The van der Waals surface area contributed by atoms with Crippen LogP contribution < -0.4 is 4.74 Å². The highest BCUT2D eigenvalue weighted by Gasteiger charge is 2.22. The molecule has 1 aliphatic heterocycles. The molecule has 0 saturated heterocycles. The third-order valence-corrected chi connectivity index (χ3v) is 5.43. The standard InChI is InChI=1S/C22H21N5O3/c28-27(29)21-15-26-9-8-25(10-11-30-22(26)24-21)14-16-2-1-3-18(12-16)19-5-4-17-6-7-23-20(17)13-19/h1-7,12-13,15,23H,8-11,14H2. The summed E-state index contributed by atoms with van der Waals surface area (Å²) in [5.74, 6) is -0.176. The Labute approximate surface area is 172 Å². The minimum Gasteiger partial charge on any atom is -0.444 e. The number of fused-ring (bicyclic) bond motifs is 2. The molecule has 1 N–H and O–H groups in total. The third kappa shape index (κ3) is 3.65. The molecule has 30 heavy (non-hydrogen) atoms. The van der Waals surface area contributed by atoms with Crippen LogP contribution in [0.3, 0.4) is 0 Å². The van der Waals surface area contributed by atoms with E-state index < -0.39 is 4.92 Å². The Morgan fingerprint density at radius 1 is 1.10 bits per heavy atom. The van der Waals surface area contributed by atoms with E-state index in [1.807, 2.05) is 6.20 Å². The first-order valence-electron chi connectivity index (χ1n) is 9.89. The number of nitrogens with one attached hydrogen (secondary N) is 1. The second-order valence-corrected chi connectivity index (χ2v) is 7.44. The van der Waals surface area contributed by atoms with Crippen LogP contribution in [0.25, 0.3) is 22.0 Å². The predicted molar refractivity (Wildman–Crippen MR) is 113 cm³/mol. The lowest BCUT2D eigenvalue weighted by Gasteiger charge is -2.24. The second kappa shape index (κ2) is 7.64. The maximum absolute atomic E-state index is 11.0. The maximum atomic E-state index is 11.0. The Morgan fingerprint density at radius 3 is 2.90 bits per heavy atom. The van der Waals surface area contributed by atoms with Gasteiger partial charge < -0.3 is 19.8 Å². The van der Waals surface area contributed by atoms with E-state index in [1.165, 1.54) is 28.3 Å². The van der Waals surface area contributed by atoms with Crippen molar-refractivity contribution < 1.29 is 9.66 Å². The number of benzene rings is 2. The van der Waals surface area contributed by atoms with E-state index in [0.29, 0.717) is 19.2 Å². The van der Waals surface area contributed by atoms with Crippen molar-refractivity contribution in [3.8, 4) is 17.1 Å². The lowest BCUT2D eigenvalue weighted by atomic mass is 10.0. The molecule has 0 atom stereocenters. The molecule has 2 aromatic carbocycles. The summed E-state index contributed by atoms with van der Waals surface area (Å²) in [7, 11) is 0. The summed E-state index contributed by atoms with van der Waals surface area (Å²) in [6, 6.07) is 17.4. The smallest absolute Gasteiger partial charge is 0.414 e. The summed E-state index contributed by atoms with van der Waals surface area (Å²) in [5.41, 5.74) is 4.71. The molecular formula is C22H21N5O3. The SMILES string of the molecule is O=[N+]([O-])c1cn2c(n1)OCCN(Cc1cccc(-c3ccc4cc[nH]c4c3)c1)CC2.